The summed E-state index contributed by atoms with van der Waals surface area (Å²) in [5.74, 6) is 1.13. The zero-order chi connectivity index (χ0) is 16.4. The predicted octanol–water partition coefficient (Wildman–Crippen LogP) is 3.48. The van der Waals surface area contributed by atoms with Crippen LogP contribution < -0.4 is 4.57 Å². The van der Waals surface area contributed by atoms with Crippen LogP contribution in [-0.2, 0) is 6.54 Å². The zero-order valence-electron chi connectivity index (χ0n) is 13.3. The van der Waals surface area contributed by atoms with Gasteiger partial charge < -0.3 is 4.42 Å². The Morgan fingerprint density at radius 1 is 0.960 bits per heavy atom. The molecule has 0 saturated heterocycles. The highest BCUT2D eigenvalue weighted by atomic mass is 16.3. The molecule has 1 aliphatic heterocycles. The van der Waals surface area contributed by atoms with Crippen LogP contribution in [-0.4, -0.2) is 14.5 Å². The fourth-order valence-corrected chi connectivity index (χ4v) is 3.83. The van der Waals surface area contributed by atoms with E-state index in [0.717, 1.165) is 40.3 Å². The molecule has 0 bridgehead atoms. The molecule has 1 aromatic carbocycles. The summed E-state index contributed by atoms with van der Waals surface area (Å²) in [5.41, 5.74) is 6.29. The van der Waals surface area contributed by atoms with Crippen molar-refractivity contribution in [3.63, 3.8) is 0 Å². The number of rotatable bonds is 1. The third-order valence-corrected chi connectivity index (χ3v) is 4.87. The second-order valence-corrected chi connectivity index (χ2v) is 6.24. The van der Waals surface area contributed by atoms with Gasteiger partial charge in [0.1, 0.15) is 17.8 Å². The highest BCUT2D eigenvalue weighted by Gasteiger charge is 2.38. The van der Waals surface area contributed by atoms with E-state index in [1.807, 2.05) is 42.9 Å². The second-order valence-electron chi connectivity index (χ2n) is 6.24. The molecule has 6 rings (SSSR count). The predicted molar refractivity (Wildman–Crippen MR) is 93.4 cm³/mol. The van der Waals surface area contributed by atoms with Crippen LogP contribution in [0.15, 0.2) is 71.7 Å². The van der Waals surface area contributed by atoms with Gasteiger partial charge in [-0.15, -0.1) is 0 Å². The number of nitrogens with zero attached hydrogens (tertiary/aromatic N) is 4. The molecular formula is C20H13N4O+. The van der Waals surface area contributed by atoms with Crippen molar-refractivity contribution < 1.29 is 8.98 Å². The third kappa shape index (κ3) is 1.59. The van der Waals surface area contributed by atoms with Gasteiger partial charge in [0.05, 0.1) is 10.9 Å². The van der Waals surface area contributed by atoms with Gasteiger partial charge >= 0.3 is 5.71 Å². The van der Waals surface area contributed by atoms with Gasteiger partial charge in [-0.25, -0.2) is 4.57 Å². The van der Waals surface area contributed by atoms with Gasteiger partial charge in [0, 0.05) is 36.4 Å². The molecule has 0 atom stereocenters. The first-order chi connectivity index (χ1) is 12.4. The lowest BCUT2D eigenvalue weighted by atomic mass is 10.1. The molecule has 0 saturated carbocycles. The van der Waals surface area contributed by atoms with Crippen LogP contribution in [0.3, 0.4) is 0 Å². The maximum absolute atomic E-state index is 6.24. The van der Waals surface area contributed by atoms with Crippen LogP contribution in [0.1, 0.15) is 5.56 Å². The number of imidazole rings is 1. The van der Waals surface area contributed by atoms with E-state index in [4.69, 9.17) is 4.42 Å². The van der Waals surface area contributed by atoms with Gasteiger partial charge in [-0.3, -0.25) is 9.97 Å². The minimum absolute atomic E-state index is 0.790. The van der Waals surface area contributed by atoms with Crippen molar-refractivity contribution in [2.45, 2.75) is 6.54 Å². The SMILES string of the molecule is c1ccc(-n2c3[n+](c4c5cnccc5oc42)Cc2cnccc2-3)cc1. The van der Waals surface area contributed by atoms with Crippen molar-refractivity contribution in [3.05, 3.63) is 72.8 Å². The van der Waals surface area contributed by atoms with Crippen LogP contribution in [0.4, 0.5) is 0 Å². The lowest BCUT2D eigenvalue weighted by Crippen LogP contribution is -2.31. The van der Waals surface area contributed by atoms with Gasteiger partial charge in [-0.05, 0) is 18.2 Å². The molecule has 5 heterocycles. The first kappa shape index (κ1) is 12.9. The van der Waals surface area contributed by atoms with Gasteiger partial charge in [-0.2, -0.15) is 4.57 Å². The minimum Gasteiger partial charge on any atom is -0.419 e. The molecule has 0 radical (unpaired) electrons. The number of furan rings is 1. The largest absolute Gasteiger partial charge is 0.419 e. The highest BCUT2D eigenvalue weighted by Crippen LogP contribution is 2.37. The molecule has 0 unspecified atom stereocenters. The van der Waals surface area contributed by atoms with E-state index in [9.17, 15) is 0 Å². The quantitative estimate of drug-likeness (QED) is 0.435. The molecule has 0 N–H and O–H groups in total. The summed E-state index contributed by atoms with van der Waals surface area (Å²) in [6, 6.07) is 14.3. The molecule has 0 fully saturated rings. The number of aromatic nitrogens is 4. The van der Waals surface area contributed by atoms with Crippen molar-refractivity contribution in [3.8, 4) is 17.1 Å². The Hall–Kier alpha value is -3.47. The van der Waals surface area contributed by atoms with E-state index in [0.29, 0.717) is 0 Å². The summed E-state index contributed by atoms with van der Waals surface area (Å²) in [6.07, 6.45) is 7.44. The molecule has 25 heavy (non-hydrogen) atoms. The van der Waals surface area contributed by atoms with Gasteiger partial charge in [0.2, 0.25) is 5.52 Å². The Labute approximate surface area is 142 Å². The van der Waals surface area contributed by atoms with Gasteiger partial charge in [0.25, 0.3) is 5.82 Å². The first-order valence-corrected chi connectivity index (χ1v) is 8.21. The smallest absolute Gasteiger partial charge is 0.344 e. The number of benzene rings is 1. The number of hydrogen-bond acceptors (Lipinski definition) is 3. The Balaban J connectivity index is 1.83. The molecule has 5 heteroatoms. The molecular weight excluding hydrogens is 312 g/mol. The lowest BCUT2D eigenvalue weighted by Gasteiger charge is -2.00. The number of hydrogen-bond donors (Lipinski definition) is 0. The molecule has 5 aromatic rings. The van der Waals surface area contributed by atoms with E-state index in [2.05, 4.69) is 37.3 Å². The molecule has 0 spiro atoms. The molecule has 0 aliphatic carbocycles. The van der Waals surface area contributed by atoms with E-state index < -0.39 is 0 Å². The maximum atomic E-state index is 6.24. The van der Waals surface area contributed by atoms with Crippen LogP contribution in [0, 0.1) is 0 Å². The Morgan fingerprint density at radius 2 is 1.80 bits per heavy atom. The van der Waals surface area contributed by atoms with E-state index >= 15 is 0 Å². The maximum Gasteiger partial charge on any atom is 0.344 e. The summed E-state index contributed by atoms with van der Waals surface area (Å²) in [4.78, 5) is 8.59. The summed E-state index contributed by atoms with van der Waals surface area (Å²) >= 11 is 0. The standard InChI is InChI=1S/C20H13N4O/c1-2-4-14(5-3-1)24-19-15-6-8-21-10-13(15)12-23(19)18-16-11-22-9-7-17(16)25-20(18)24/h1-11H,12H2/q+1. The van der Waals surface area contributed by atoms with Gasteiger partial charge in [-0.1, -0.05) is 18.2 Å². The third-order valence-electron chi connectivity index (χ3n) is 4.87. The van der Waals surface area contributed by atoms with E-state index in [1.54, 1.807) is 6.20 Å². The Morgan fingerprint density at radius 3 is 2.72 bits per heavy atom. The van der Waals surface area contributed by atoms with Crippen molar-refractivity contribution in [1.29, 1.82) is 0 Å². The molecule has 5 nitrogen and oxygen atoms in total. The number of pyridine rings is 2. The van der Waals surface area contributed by atoms with Crippen LogP contribution in [0.5, 0.6) is 0 Å². The minimum atomic E-state index is 0.790. The van der Waals surface area contributed by atoms with Crippen LogP contribution in [0.25, 0.3) is 39.3 Å². The Kier molecular flexibility index (Phi) is 2.34. The van der Waals surface area contributed by atoms with Crippen molar-refractivity contribution in [2.75, 3.05) is 0 Å². The van der Waals surface area contributed by atoms with Crippen molar-refractivity contribution in [1.82, 2.24) is 14.5 Å². The molecule has 118 valence electrons. The monoisotopic (exact) mass is 325 g/mol. The van der Waals surface area contributed by atoms with Crippen LogP contribution >= 0.6 is 0 Å². The summed E-state index contributed by atoms with van der Waals surface area (Å²) in [7, 11) is 0. The normalized spacial score (nSPS) is 12.6. The zero-order valence-corrected chi connectivity index (χ0v) is 13.3. The topological polar surface area (TPSA) is 47.7 Å². The van der Waals surface area contributed by atoms with Crippen molar-refractivity contribution >= 4 is 22.2 Å². The average molecular weight is 325 g/mol. The van der Waals surface area contributed by atoms with E-state index in [-0.39, 0.29) is 0 Å². The molecule has 0 amide bonds. The van der Waals surface area contributed by atoms with Gasteiger partial charge in [0.15, 0.2) is 0 Å². The second kappa shape index (κ2) is 4.54. The fraction of sp³-hybridized carbons (Fsp3) is 0.0500. The summed E-state index contributed by atoms with van der Waals surface area (Å²) in [5, 5.41) is 1.04. The summed E-state index contributed by atoms with van der Waals surface area (Å²) in [6.45, 7) is 0.790. The molecule has 4 aromatic heterocycles. The Bertz CT molecular complexity index is 1270. The summed E-state index contributed by atoms with van der Waals surface area (Å²) < 4.78 is 10.7. The lowest BCUT2D eigenvalue weighted by molar-refractivity contribution is -0.645. The van der Waals surface area contributed by atoms with Crippen molar-refractivity contribution in [2.24, 2.45) is 0 Å². The number of fused-ring (bicyclic) bond motifs is 7. The fourth-order valence-electron chi connectivity index (χ4n) is 3.83. The average Bonchev–Trinajstić information content (AvgIpc) is 3.29. The van der Waals surface area contributed by atoms with E-state index in [1.165, 1.54) is 11.1 Å². The molecule has 1 aliphatic rings. The highest BCUT2D eigenvalue weighted by molar-refractivity contribution is 6.00. The first-order valence-electron chi connectivity index (χ1n) is 8.21. The van der Waals surface area contributed by atoms with Crippen LogP contribution in [0.2, 0.25) is 0 Å². The number of para-hydroxylation sites is 1.